The Hall–Kier alpha value is -3.88. The summed E-state index contributed by atoms with van der Waals surface area (Å²) in [7, 11) is 0. The number of aryl methyl sites for hydroxylation is 2. The molecule has 2 rings (SSSR count). The first kappa shape index (κ1) is 31.3. The zero-order valence-electron chi connectivity index (χ0n) is 24.0. The van der Waals surface area contributed by atoms with Crippen molar-refractivity contribution in [2.45, 2.75) is 91.5 Å². The fraction of sp³-hybridized carbons (Fsp3) is 0.467. The summed E-state index contributed by atoms with van der Waals surface area (Å²) < 4.78 is 5.38. The van der Waals surface area contributed by atoms with Crippen LogP contribution in [0.4, 0.5) is 10.5 Å². The summed E-state index contributed by atoms with van der Waals surface area (Å²) >= 11 is 0. The second-order valence-corrected chi connectivity index (χ2v) is 10.8. The molecule has 2 aromatic carbocycles. The molecule has 0 aliphatic rings. The van der Waals surface area contributed by atoms with E-state index in [1.165, 1.54) is 4.90 Å². The van der Waals surface area contributed by atoms with Gasteiger partial charge in [-0.2, -0.15) is 0 Å². The molecule has 0 fully saturated rings. The van der Waals surface area contributed by atoms with E-state index in [-0.39, 0.29) is 18.9 Å². The molecule has 0 aliphatic carbocycles. The minimum Gasteiger partial charge on any atom is -0.444 e. The zero-order chi connectivity index (χ0) is 29.3. The van der Waals surface area contributed by atoms with Crippen LogP contribution in [-0.4, -0.2) is 46.4 Å². The topological polar surface area (TPSA) is 131 Å². The molecule has 0 radical (unpaired) electrons. The Morgan fingerprint density at radius 2 is 1.69 bits per heavy atom. The van der Waals surface area contributed by atoms with Gasteiger partial charge in [0.15, 0.2) is 0 Å². The number of nitrogens with zero attached hydrogens (tertiary/aromatic N) is 1. The monoisotopic (exact) mass is 538 g/mol. The molecule has 39 heavy (non-hydrogen) atoms. The number of benzene rings is 2. The second kappa shape index (κ2) is 13.8. The lowest BCUT2D eigenvalue weighted by Crippen LogP contribution is -2.55. The van der Waals surface area contributed by atoms with Gasteiger partial charge in [0.25, 0.3) is 5.91 Å². The smallest absolute Gasteiger partial charge is 0.408 e. The fourth-order valence-corrected chi connectivity index (χ4v) is 4.16. The van der Waals surface area contributed by atoms with Gasteiger partial charge in [-0.05, 0) is 71.6 Å². The van der Waals surface area contributed by atoms with Gasteiger partial charge in [0.1, 0.15) is 17.7 Å². The summed E-state index contributed by atoms with van der Waals surface area (Å²) in [5, 5.41) is 5.60. The minimum absolute atomic E-state index is 0.0414. The zero-order valence-corrected chi connectivity index (χ0v) is 24.0. The van der Waals surface area contributed by atoms with Gasteiger partial charge in [-0.1, -0.05) is 55.0 Å². The van der Waals surface area contributed by atoms with Crippen molar-refractivity contribution in [3.05, 3.63) is 65.2 Å². The van der Waals surface area contributed by atoms with Gasteiger partial charge < -0.3 is 26.0 Å². The molecular weight excluding hydrogens is 496 g/mol. The highest BCUT2D eigenvalue weighted by molar-refractivity contribution is 5.99. The van der Waals surface area contributed by atoms with Crippen LogP contribution in [0.1, 0.15) is 76.6 Å². The molecule has 4 amide bonds. The highest BCUT2D eigenvalue weighted by Crippen LogP contribution is 2.29. The number of primary amides is 1. The van der Waals surface area contributed by atoms with E-state index in [9.17, 15) is 19.2 Å². The number of hydrogen-bond acceptors (Lipinski definition) is 5. The number of nitrogens with one attached hydrogen (secondary N) is 2. The Morgan fingerprint density at radius 3 is 2.26 bits per heavy atom. The lowest BCUT2D eigenvalue weighted by molar-refractivity contribution is -0.143. The molecule has 0 aliphatic heterocycles. The number of carbonyl (C=O) groups excluding carboxylic acids is 4. The number of hydrogen-bond donors (Lipinski definition) is 3. The van der Waals surface area contributed by atoms with E-state index in [1.807, 2.05) is 64.1 Å². The highest BCUT2D eigenvalue weighted by atomic mass is 16.6. The van der Waals surface area contributed by atoms with Crippen molar-refractivity contribution in [2.24, 2.45) is 5.73 Å². The Kier molecular flexibility index (Phi) is 11.1. The Bertz CT molecular complexity index is 1170. The molecule has 3 atom stereocenters. The second-order valence-electron chi connectivity index (χ2n) is 10.8. The minimum atomic E-state index is -1.14. The van der Waals surface area contributed by atoms with Crippen LogP contribution in [0.3, 0.4) is 0 Å². The molecule has 0 saturated carbocycles. The van der Waals surface area contributed by atoms with Crippen molar-refractivity contribution in [2.75, 3.05) is 5.32 Å². The maximum atomic E-state index is 14.2. The average Bonchev–Trinajstić information content (AvgIpc) is 2.84. The highest BCUT2D eigenvalue weighted by Gasteiger charge is 2.38. The van der Waals surface area contributed by atoms with E-state index in [0.717, 1.165) is 11.1 Å². The lowest BCUT2D eigenvalue weighted by Gasteiger charge is -2.38. The maximum Gasteiger partial charge on any atom is 0.408 e. The molecular formula is C30H42N4O5. The van der Waals surface area contributed by atoms with Crippen LogP contribution in [-0.2, 0) is 19.1 Å². The Morgan fingerprint density at radius 1 is 1.03 bits per heavy atom. The summed E-state index contributed by atoms with van der Waals surface area (Å²) in [6, 6.07) is 12.3. The largest absolute Gasteiger partial charge is 0.444 e. The van der Waals surface area contributed by atoms with Crippen molar-refractivity contribution in [3.8, 4) is 0 Å². The molecule has 2 aromatic rings. The maximum absolute atomic E-state index is 14.2. The molecule has 9 heteroatoms. The molecule has 3 unspecified atom stereocenters. The van der Waals surface area contributed by atoms with Crippen molar-refractivity contribution in [1.82, 2.24) is 10.2 Å². The Labute approximate surface area is 231 Å². The van der Waals surface area contributed by atoms with E-state index < -0.39 is 41.5 Å². The third-order valence-corrected chi connectivity index (χ3v) is 6.28. The number of alkyl carbamates (subject to hydrolysis) is 1. The summed E-state index contributed by atoms with van der Waals surface area (Å²) in [5.74, 6) is -1.52. The van der Waals surface area contributed by atoms with Crippen LogP contribution in [0.25, 0.3) is 0 Å². The van der Waals surface area contributed by atoms with Crippen LogP contribution in [0.5, 0.6) is 0 Å². The number of ether oxygens (including phenoxy) is 1. The first-order valence-corrected chi connectivity index (χ1v) is 13.3. The van der Waals surface area contributed by atoms with Gasteiger partial charge in [0.05, 0.1) is 0 Å². The fourth-order valence-electron chi connectivity index (χ4n) is 4.16. The van der Waals surface area contributed by atoms with Crippen LogP contribution in [0.2, 0.25) is 0 Å². The van der Waals surface area contributed by atoms with Crippen LogP contribution < -0.4 is 16.4 Å². The first-order chi connectivity index (χ1) is 18.2. The predicted octanol–water partition coefficient (Wildman–Crippen LogP) is 4.77. The van der Waals surface area contributed by atoms with Gasteiger partial charge in [-0.25, -0.2) is 4.79 Å². The van der Waals surface area contributed by atoms with Crippen molar-refractivity contribution < 1.29 is 23.9 Å². The molecule has 0 bridgehead atoms. The molecule has 0 heterocycles. The molecule has 9 nitrogen and oxygen atoms in total. The lowest BCUT2D eigenvalue weighted by atomic mass is 9.97. The third kappa shape index (κ3) is 9.42. The average molecular weight is 539 g/mol. The van der Waals surface area contributed by atoms with E-state index in [4.69, 9.17) is 10.5 Å². The number of amides is 4. The van der Waals surface area contributed by atoms with Crippen LogP contribution >= 0.6 is 0 Å². The standard InChI is InChI=1S/C30H42N4O5/c1-8-21(4)34(28(37)24(16-17-25(31)35)33-29(38)39-30(5,6)7)26(22-14-11-12-19(2)18-22)27(36)32-23-15-10-9-13-20(23)3/h9-15,18,21,24,26H,8,16-17H2,1-7H3,(H2,31,35)(H,32,36)(H,33,38). The van der Waals surface area contributed by atoms with Gasteiger partial charge in [0, 0.05) is 18.2 Å². The normalized spacial score (nSPS) is 13.5. The predicted molar refractivity (Wildman–Crippen MR) is 152 cm³/mol. The van der Waals surface area contributed by atoms with Gasteiger partial charge in [-0.3, -0.25) is 14.4 Å². The number of nitrogens with two attached hydrogens (primary N) is 1. The first-order valence-electron chi connectivity index (χ1n) is 13.3. The number of para-hydroxylation sites is 1. The van der Waals surface area contributed by atoms with E-state index in [1.54, 1.807) is 32.9 Å². The summed E-state index contributed by atoms with van der Waals surface area (Å²) in [4.78, 5) is 54.0. The van der Waals surface area contributed by atoms with Crippen molar-refractivity contribution >= 4 is 29.5 Å². The van der Waals surface area contributed by atoms with E-state index in [2.05, 4.69) is 10.6 Å². The van der Waals surface area contributed by atoms with Crippen molar-refractivity contribution in [1.29, 1.82) is 0 Å². The van der Waals surface area contributed by atoms with Crippen LogP contribution in [0, 0.1) is 13.8 Å². The van der Waals surface area contributed by atoms with E-state index in [0.29, 0.717) is 17.7 Å². The number of rotatable bonds is 11. The SMILES string of the molecule is CCC(C)N(C(=O)C(CCC(N)=O)NC(=O)OC(C)(C)C)C(C(=O)Nc1ccccc1C)c1cccc(C)c1. The summed E-state index contributed by atoms with van der Waals surface area (Å²) in [6.07, 6.45) is -0.433. The molecule has 212 valence electrons. The Balaban J connectivity index is 2.58. The quantitative estimate of drug-likeness (QED) is 0.379. The number of anilines is 1. The van der Waals surface area contributed by atoms with Gasteiger partial charge >= 0.3 is 6.09 Å². The molecule has 4 N–H and O–H groups in total. The summed E-state index contributed by atoms with van der Waals surface area (Å²) in [6.45, 7) is 12.7. The van der Waals surface area contributed by atoms with E-state index >= 15 is 0 Å². The molecule has 0 spiro atoms. The summed E-state index contributed by atoms with van der Waals surface area (Å²) in [5.41, 5.74) is 7.64. The molecule has 0 saturated heterocycles. The van der Waals surface area contributed by atoms with Gasteiger partial charge in [0.2, 0.25) is 11.8 Å². The third-order valence-electron chi connectivity index (χ3n) is 6.28. The van der Waals surface area contributed by atoms with Gasteiger partial charge in [-0.15, -0.1) is 0 Å². The van der Waals surface area contributed by atoms with Crippen LogP contribution in [0.15, 0.2) is 48.5 Å². The molecule has 0 aromatic heterocycles. The number of carbonyl (C=O) groups is 4. The van der Waals surface area contributed by atoms with Crippen molar-refractivity contribution in [3.63, 3.8) is 0 Å².